The third-order valence-corrected chi connectivity index (χ3v) is 7.32. The van der Waals surface area contributed by atoms with Gasteiger partial charge in [0.2, 0.25) is 17.8 Å². The quantitative estimate of drug-likeness (QED) is 0.616. The summed E-state index contributed by atoms with van der Waals surface area (Å²) in [5.41, 5.74) is 5.60. The van der Waals surface area contributed by atoms with Crippen molar-refractivity contribution in [2.24, 2.45) is 29.4 Å². The average molecular weight is 415 g/mol. The van der Waals surface area contributed by atoms with E-state index in [0.717, 1.165) is 64.2 Å². The first-order valence-corrected chi connectivity index (χ1v) is 11.4. The molecule has 0 spiro atoms. The van der Waals surface area contributed by atoms with Crippen LogP contribution in [0, 0.1) is 23.7 Å². The number of anilines is 1. The molecule has 1 aromatic rings. The number of fused-ring (bicyclic) bond motifs is 2. The van der Waals surface area contributed by atoms with Crippen LogP contribution in [-0.2, 0) is 9.59 Å². The molecule has 1 saturated heterocycles. The first-order chi connectivity index (χ1) is 14.5. The van der Waals surface area contributed by atoms with E-state index in [-0.39, 0.29) is 23.7 Å². The van der Waals surface area contributed by atoms with Crippen LogP contribution in [0.5, 0.6) is 0 Å². The van der Waals surface area contributed by atoms with Crippen molar-refractivity contribution in [3.63, 3.8) is 0 Å². The molecule has 1 unspecified atom stereocenters. The predicted molar refractivity (Wildman–Crippen MR) is 115 cm³/mol. The first kappa shape index (κ1) is 21.0. The van der Waals surface area contributed by atoms with Gasteiger partial charge in [-0.05, 0) is 63.5 Å². The topological polar surface area (TPSA) is 104 Å². The van der Waals surface area contributed by atoms with Gasteiger partial charge in [0.15, 0.2) is 0 Å². The summed E-state index contributed by atoms with van der Waals surface area (Å²) in [6.45, 7) is 6.81. The molecule has 8 heteroatoms. The Kier molecular flexibility index (Phi) is 6.51. The Morgan fingerprint density at radius 3 is 2.57 bits per heavy atom. The molecule has 1 aromatic heterocycles. The number of amides is 2. The molecule has 4 rings (SSSR count). The summed E-state index contributed by atoms with van der Waals surface area (Å²) in [6, 6.07) is 2.29. The Morgan fingerprint density at radius 2 is 1.87 bits per heavy atom. The van der Waals surface area contributed by atoms with Crippen molar-refractivity contribution in [1.29, 1.82) is 0 Å². The Bertz CT molecular complexity index is 744. The van der Waals surface area contributed by atoms with E-state index in [1.54, 1.807) is 12.4 Å². The average Bonchev–Trinajstić information content (AvgIpc) is 3.36. The maximum atomic E-state index is 12.7. The number of carbonyl (C=O) groups excluding carboxylic acids is 2. The van der Waals surface area contributed by atoms with Gasteiger partial charge in [-0.2, -0.15) is 0 Å². The molecule has 5 atom stereocenters. The van der Waals surface area contributed by atoms with Crippen LogP contribution in [0.25, 0.3) is 0 Å². The Balaban J connectivity index is 1.15. The summed E-state index contributed by atoms with van der Waals surface area (Å²) in [5, 5.41) is 3.08. The van der Waals surface area contributed by atoms with Gasteiger partial charge in [0.05, 0.1) is 11.8 Å². The van der Waals surface area contributed by atoms with E-state index < -0.39 is 0 Å². The lowest BCUT2D eigenvalue weighted by atomic mass is 9.78. The fourth-order valence-corrected chi connectivity index (χ4v) is 5.81. The predicted octanol–water partition coefficient (Wildman–Crippen LogP) is 1.03. The number of nitrogens with two attached hydrogens (primary N) is 1. The van der Waals surface area contributed by atoms with Crippen LogP contribution in [0.3, 0.4) is 0 Å². The number of hydrogen-bond donors (Lipinski definition) is 2. The lowest BCUT2D eigenvalue weighted by molar-refractivity contribution is -0.135. The van der Waals surface area contributed by atoms with Crippen molar-refractivity contribution in [3.8, 4) is 0 Å². The highest BCUT2D eigenvalue weighted by molar-refractivity contribution is 5.88. The summed E-state index contributed by atoms with van der Waals surface area (Å²) >= 11 is 0. The molecule has 3 N–H and O–H groups in total. The minimum absolute atomic E-state index is 0.0378. The molecule has 30 heavy (non-hydrogen) atoms. The molecule has 2 bridgehead atoms. The van der Waals surface area contributed by atoms with Gasteiger partial charge in [0, 0.05) is 44.6 Å². The smallest absolute Gasteiger partial charge is 0.225 e. The van der Waals surface area contributed by atoms with Gasteiger partial charge < -0.3 is 16.0 Å². The van der Waals surface area contributed by atoms with Crippen molar-refractivity contribution in [3.05, 3.63) is 18.5 Å². The zero-order valence-corrected chi connectivity index (χ0v) is 17.9. The number of piperazine rings is 1. The van der Waals surface area contributed by atoms with Gasteiger partial charge in [0.1, 0.15) is 0 Å². The van der Waals surface area contributed by atoms with E-state index in [4.69, 9.17) is 5.73 Å². The minimum Gasteiger partial charge on any atom is -0.369 e. The number of aromatic nitrogens is 2. The third-order valence-electron chi connectivity index (χ3n) is 7.32. The van der Waals surface area contributed by atoms with Crippen LogP contribution in [0.1, 0.15) is 39.0 Å². The van der Waals surface area contributed by atoms with Crippen LogP contribution in [0.2, 0.25) is 0 Å². The number of nitrogens with zero attached hydrogens (tertiary/aromatic N) is 4. The number of rotatable bonds is 8. The monoisotopic (exact) mass is 414 g/mol. The van der Waals surface area contributed by atoms with Crippen LogP contribution in [0.4, 0.5) is 5.95 Å². The van der Waals surface area contributed by atoms with E-state index in [1.807, 2.05) is 6.07 Å². The molecule has 8 nitrogen and oxygen atoms in total. The number of primary amides is 1. The van der Waals surface area contributed by atoms with Gasteiger partial charge in [-0.25, -0.2) is 9.97 Å². The fraction of sp³-hybridized carbons (Fsp3) is 0.727. The Morgan fingerprint density at radius 1 is 1.13 bits per heavy atom. The molecule has 3 fully saturated rings. The summed E-state index contributed by atoms with van der Waals surface area (Å²) in [6.07, 6.45) is 8.66. The molecular formula is C22H34N6O2. The molecule has 2 aliphatic carbocycles. The molecule has 2 saturated carbocycles. The third kappa shape index (κ3) is 4.43. The highest BCUT2D eigenvalue weighted by Gasteiger charge is 2.53. The van der Waals surface area contributed by atoms with Crippen molar-refractivity contribution in [1.82, 2.24) is 20.2 Å². The molecule has 164 valence electrons. The maximum absolute atomic E-state index is 12.7. The van der Waals surface area contributed by atoms with Gasteiger partial charge >= 0.3 is 0 Å². The number of nitrogens with one attached hydrogen (secondary N) is 1. The fourth-order valence-electron chi connectivity index (χ4n) is 5.81. The van der Waals surface area contributed by atoms with Crippen molar-refractivity contribution in [2.75, 3.05) is 37.6 Å². The molecule has 1 aliphatic heterocycles. The molecule has 3 aliphatic rings. The molecule has 0 aromatic carbocycles. The van der Waals surface area contributed by atoms with Crippen LogP contribution in [-0.4, -0.2) is 65.4 Å². The summed E-state index contributed by atoms with van der Waals surface area (Å²) < 4.78 is 0. The lowest BCUT2D eigenvalue weighted by Crippen LogP contribution is -2.52. The van der Waals surface area contributed by atoms with Crippen LogP contribution >= 0.6 is 0 Å². The first-order valence-electron chi connectivity index (χ1n) is 11.4. The van der Waals surface area contributed by atoms with E-state index in [0.29, 0.717) is 24.4 Å². The summed E-state index contributed by atoms with van der Waals surface area (Å²) in [5.74, 6) is 0.765. The standard InChI is InChI=1S/C22H34N6O2/c1-15-14-28(22-25-8-4-9-26-22)12-11-27(15)10-3-2-7-24-21(30)19-17-6-5-16(13-17)18(19)20(23)29/h4,8-9,15-19H,2-3,5-7,10-14H2,1H3,(H2,23,29)(H,24,30)/t15?,16-,17+,18+,19-/m1/s1. The van der Waals surface area contributed by atoms with E-state index in [9.17, 15) is 9.59 Å². The van der Waals surface area contributed by atoms with Gasteiger partial charge in [-0.3, -0.25) is 14.5 Å². The van der Waals surface area contributed by atoms with E-state index in [2.05, 4.69) is 32.0 Å². The SMILES string of the molecule is CC1CN(c2ncccn2)CCN1CCCCNC(=O)[C@@H]1[C@H]2CC[C@H](C2)[C@@H]1C(N)=O. The number of hydrogen-bond acceptors (Lipinski definition) is 6. The molecule has 2 amide bonds. The summed E-state index contributed by atoms with van der Waals surface area (Å²) in [7, 11) is 0. The Labute approximate surface area is 178 Å². The van der Waals surface area contributed by atoms with E-state index in [1.165, 1.54) is 0 Å². The zero-order chi connectivity index (χ0) is 21.1. The second-order valence-electron chi connectivity index (χ2n) is 9.17. The highest BCUT2D eigenvalue weighted by Crippen LogP contribution is 2.52. The van der Waals surface area contributed by atoms with Crippen LogP contribution in [0.15, 0.2) is 18.5 Å². The largest absolute Gasteiger partial charge is 0.369 e. The number of unbranched alkanes of at least 4 members (excludes halogenated alkanes) is 1. The number of carbonyl (C=O) groups is 2. The van der Waals surface area contributed by atoms with Crippen molar-refractivity contribution < 1.29 is 9.59 Å². The van der Waals surface area contributed by atoms with Crippen molar-refractivity contribution >= 4 is 17.8 Å². The molecule has 2 heterocycles. The molecule has 0 radical (unpaired) electrons. The Hall–Kier alpha value is -2.22. The zero-order valence-electron chi connectivity index (χ0n) is 17.9. The lowest BCUT2D eigenvalue weighted by Gasteiger charge is -2.39. The maximum Gasteiger partial charge on any atom is 0.225 e. The second-order valence-corrected chi connectivity index (χ2v) is 9.17. The summed E-state index contributed by atoms with van der Waals surface area (Å²) in [4.78, 5) is 38.0. The second kappa shape index (κ2) is 9.29. The highest BCUT2D eigenvalue weighted by atomic mass is 16.2. The van der Waals surface area contributed by atoms with Crippen LogP contribution < -0.4 is 16.0 Å². The van der Waals surface area contributed by atoms with E-state index >= 15 is 0 Å². The van der Waals surface area contributed by atoms with Gasteiger partial charge in [-0.15, -0.1) is 0 Å². The van der Waals surface area contributed by atoms with Gasteiger partial charge in [0.25, 0.3) is 0 Å². The van der Waals surface area contributed by atoms with Crippen molar-refractivity contribution in [2.45, 2.75) is 45.1 Å². The minimum atomic E-state index is -0.295. The van der Waals surface area contributed by atoms with Gasteiger partial charge in [-0.1, -0.05) is 0 Å². The molecular weight excluding hydrogens is 380 g/mol. The normalized spacial score (nSPS) is 31.1.